The number of nitrogen functional groups attached to an aromatic ring is 1. The molecule has 26 heavy (non-hydrogen) atoms. The summed E-state index contributed by atoms with van der Waals surface area (Å²) in [5, 5.41) is 2.07. The highest BCUT2D eigenvalue weighted by molar-refractivity contribution is 7.10. The van der Waals surface area contributed by atoms with E-state index in [-0.39, 0.29) is 11.8 Å². The number of hydrogen-bond donors (Lipinski definition) is 1. The first-order chi connectivity index (χ1) is 12.6. The highest BCUT2D eigenvalue weighted by Crippen LogP contribution is 2.45. The minimum absolute atomic E-state index is 0.123. The van der Waals surface area contributed by atoms with Crippen LogP contribution in [0.15, 0.2) is 60.0 Å². The van der Waals surface area contributed by atoms with Crippen molar-refractivity contribution in [1.29, 1.82) is 0 Å². The molecule has 2 heterocycles. The maximum atomic E-state index is 12.9. The monoisotopic (exact) mass is 372 g/mol. The summed E-state index contributed by atoms with van der Waals surface area (Å²) >= 11 is 1.67. The van der Waals surface area contributed by atoms with Gasteiger partial charge in [0.1, 0.15) is 5.75 Å². The average Bonchev–Trinajstić information content (AvgIpc) is 3.10. The second-order valence-corrected chi connectivity index (χ2v) is 7.08. The molecule has 0 bridgehead atoms. The quantitative estimate of drug-likeness (QED) is 0.649. The van der Waals surface area contributed by atoms with Gasteiger partial charge in [-0.25, -0.2) is 0 Å². The molecule has 2 aromatic carbocycles. The van der Waals surface area contributed by atoms with Crippen molar-refractivity contribution in [2.75, 3.05) is 17.2 Å². The maximum Gasteiger partial charge on any atom is 0.387 e. The summed E-state index contributed by atoms with van der Waals surface area (Å²) in [6, 6.07) is 16.7. The summed E-state index contributed by atoms with van der Waals surface area (Å²) in [5.74, 6) is 0.182. The predicted molar refractivity (Wildman–Crippen MR) is 101 cm³/mol. The topological polar surface area (TPSA) is 38.5 Å². The molecule has 1 aromatic heterocycles. The zero-order valence-corrected chi connectivity index (χ0v) is 14.8. The lowest BCUT2D eigenvalue weighted by molar-refractivity contribution is -0.0495. The van der Waals surface area contributed by atoms with Crippen LogP contribution in [0.2, 0.25) is 0 Å². The Morgan fingerprint density at radius 1 is 1.08 bits per heavy atom. The predicted octanol–water partition coefficient (Wildman–Crippen LogP) is 5.08. The molecule has 4 rings (SSSR count). The fourth-order valence-electron chi connectivity index (χ4n) is 3.52. The summed E-state index contributed by atoms with van der Waals surface area (Å²) in [5.41, 5.74) is 9.87. The molecule has 0 saturated carbocycles. The van der Waals surface area contributed by atoms with Crippen molar-refractivity contribution in [3.8, 4) is 5.75 Å². The fraction of sp³-hybridized carbons (Fsp3) is 0.200. The maximum absolute atomic E-state index is 12.9. The van der Waals surface area contributed by atoms with Gasteiger partial charge in [0.15, 0.2) is 0 Å². The van der Waals surface area contributed by atoms with Crippen molar-refractivity contribution in [3.05, 3.63) is 76.0 Å². The molecule has 6 heteroatoms. The third-order valence-electron chi connectivity index (χ3n) is 4.64. The molecule has 0 aliphatic carbocycles. The number of nitrogens with zero attached hydrogens (tertiary/aromatic N) is 1. The highest BCUT2D eigenvalue weighted by atomic mass is 32.1. The molecule has 0 spiro atoms. The van der Waals surface area contributed by atoms with Gasteiger partial charge in [0.25, 0.3) is 0 Å². The number of rotatable bonds is 4. The first-order valence-electron chi connectivity index (χ1n) is 8.36. The van der Waals surface area contributed by atoms with Gasteiger partial charge in [0.05, 0.1) is 11.7 Å². The Kier molecular flexibility index (Phi) is 4.51. The third kappa shape index (κ3) is 3.01. The Balaban J connectivity index is 1.85. The summed E-state index contributed by atoms with van der Waals surface area (Å²) in [7, 11) is 0. The number of halogens is 2. The molecule has 0 unspecified atom stereocenters. The van der Waals surface area contributed by atoms with Crippen LogP contribution in [0.3, 0.4) is 0 Å². The Labute approximate surface area is 154 Å². The Hall–Kier alpha value is -2.60. The first-order valence-corrected chi connectivity index (χ1v) is 9.24. The van der Waals surface area contributed by atoms with E-state index >= 15 is 0 Å². The SMILES string of the molecule is Nc1ccccc1[C@@H]1c2sccc2CCN1c1ccccc1OC(F)F. The van der Waals surface area contributed by atoms with Crippen molar-refractivity contribution < 1.29 is 13.5 Å². The van der Waals surface area contributed by atoms with Crippen LogP contribution in [0.5, 0.6) is 5.75 Å². The molecular weight excluding hydrogens is 354 g/mol. The van der Waals surface area contributed by atoms with Gasteiger partial charge >= 0.3 is 6.61 Å². The van der Waals surface area contributed by atoms with E-state index in [1.807, 2.05) is 36.4 Å². The lowest BCUT2D eigenvalue weighted by Gasteiger charge is -2.39. The smallest absolute Gasteiger partial charge is 0.387 e. The van der Waals surface area contributed by atoms with Crippen LogP contribution < -0.4 is 15.4 Å². The minimum Gasteiger partial charge on any atom is -0.433 e. The molecule has 1 aliphatic rings. The van der Waals surface area contributed by atoms with E-state index in [9.17, 15) is 8.78 Å². The van der Waals surface area contributed by atoms with Gasteiger partial charge in [-0.1, -0.05) is 30.3 Å². The van der Waals surface area contributed by atoms with Crippen molar-refractivity contribution in [2.24, 2.45) is 0 Å². The standard InChI is InChI=1S/C20H18F2N2OS/c21-20(22)25-17-8-4-3-7-16(17)24-11-9-13-10-12-26-19(13)18(24)14-5-1-2-6-15(14)23/h1-8,10,12,18,20H,9,11,23H2/t18-/m1/s1. The zero-order valence-electron chi connectivity index (χ0n) is 13.9. The van der Waals surface area contributed by atoms with Crippen molar-refractivity contribution in [1.82, 2.24) is 0 Å². The number of benzene rings is 2. The Bertz CT molecular complexity index is 912. The van der Waals surface area contributed by atoms with Gasteiger partial charge in [-0.05, 0) is 41.6 Å². The molecular formula is C20H18F2N2OS. The molecule has 1 aliphatic heterocycles. The molecule has 3 nitrogen and oxygen atoms in total. The number of ether oxygens (including phenoxy) is 1. The summed E-state index contributed by atoms with van der Waals surface area (Å²) in [6.07, 6.45) is 0.852. The van der Waals surface area contributed by atoms with Gasteiger partial charge in [-0.2, -0.15) is 8.78 Å². The number of para-hydroxylation sites is 3. The summed E-state index contributed by atoms with van der Waals surface area (Å²) in [4.78, 5) is 3.31. The molecule has 134 valence electrons. The van der Waals surface area contributed by atoms with Crippen LogP contribution in [-0.4, -0.2) is 13.2 Å². The van der Waals surface area contributed by atoms with Crippen LogP contribution in [0.25, 0.3) is 0 Å². The van der Waals surface area contributed by atoms with Gasteiger partial charge in [0, 0.05) is 22.7 Å². The van der Waals surface area contributed by atoms with Gasteiger partial charge in [-0.15, -0.1) is 11.3 Å². The number of thiophene rings is 1. The lowest BCUT2D eigenvalue weighted by atomic mass is 9.93. The van der Waals surface area contributed by atoms with Crippen LogP contribution in [-0.2, 0) is 6.42 Å². The van der Waals surface area contributed by atoms with Gasteiger partial charge < -0.3 is 15.4 Å². The second kappa shape index (κ2) is 6.96. The number of nitrogens with two attached hydrogens (primary N) is 1. The van der Waals surface area contributed by atoms with Crippen molar-refractivity contribution >= 4 is 22.7 Å². The second-order valence-electron chi connectivity index (χ2n) is 6.13. The van der Waals surface area contributed by atoms with Gasteiger partial charge in [-0.3, -0.25) is 0 Å². The van der Waals surface area contributed by atoms with E-state index in [1.165, 1.54) is 10.4 Å². The number of anilines is 2. The van der Waals surface area contributed by atoms with Crippen LogP contribution >= 0.6 is 11.3 Å². The van der Waals surface area contributed by atoms with E-state index < -0.39 is 6.61 Å². The third-order valence-corrected chi connectivity index (χ3v) is 5.66. The Morgan fingerprint density at radius 2 is 1.85 bits per heavy atom. The molecule has 3 aromatic rings. The van der Waals surface area contributed by atoms with E-state index in [4.69, 9.17) is 10.5 Å². The van der Waals surface area contributed by atoms with Crippen molar-refractivity contribution in [3.63, 3.8) is 0 Å². The molecule has 2 N–H and O–H groups in total. The normalized spacial score (nSPS) is 16.6. The number of alkyl halides is 2. The van der Waals surface area contributed by atoms with E-state index in [2.05, 4.69) is 16.3 Å². The highest BCUT2D eigenvalue weighted by Gasteiger charge is 2.32. The van der Waals surface area contributed by atoms with Crippen molar-refractivity contribution in [2.45, 2.75) is 19.1 Å². The minimum atomic E-state index is -2.86. The largest absolute Gasteiger partial charge is 0.433 e. The number of fused-ring (bicyclic) bond motifs is 1. The molecule has 0 radical (unpaired) electrons. The Morgan fingerprint density at radius 3 is 2.65 bits per heavy atom. The molecule has 1 atom stereocenters. The van der Waals surface area contributed by atoms with E-state index in [0.717, 1.165) is 12.0 Å². The molecule has 0 fully saturated rings. The summed E-state index contributed by atoms with van der Waals surface area (Å²) < 4.78 is 30.5. The van der Waals surface area contributed by atoms with Crippen LogP contribution in [0, 0.1) is 0 Å². The average molecular weight is 372 g/mol. The van der Waals surface area contributed by atoms with E-state index in [0.29, 0.717) is 17.9 Å². The molecule has 0 amide bonds. The van der Waals surface area contributed by atoms with Crippen LogP contribution in [0.1, 0.15) is 22.0 Å². The first kappa shape index (κ1) is 16.8. The lowest BCUT2D eigenvalue weighted by Crippen LogP contribution is -2.36. The fourth-order valence-corrected chi connectivity index (χ4v) is 4.61. The number of hydrogen-bond acceptors (Lipinski definition) is 4. The van der Waals surface area contributed by atoms with Crippen LogP contribution in [0.4, 0.5) is 20.2 Å². The van der Waals surface area contributed by atoms with Gasteiger partial charge in [0.2, 0.25) is 0 Å². The summed E-state index contributed by atoms with van der Waals surface area (Å²) in [6.45, 7) is -2.16. The zero-order chi connectivity index (χ0) is 18.1. The molecule has 0 saturated heterocycles. The van der Waals surface area contributed by atoms with E-state index in [1.54, 1.807) is 23.5 Å².